The Morgan fingerprint density at radius 2 is 2.38 bits per heavy atom. The van der Waals surface area contributed by atoms with Gasteiger partial charge in [-0.05, 0) is 0 Å². The fourth-order valence-electron chi connectivity index (χ4n) is 0.840. The van der Waals surface area contributed by atoms with Crippen molar-refractivity contribution in [1.82, 2.24) is 4.98 Å². The monoisotopic (exact) mass is 177 g/mol. The van der Waals surface area contributed by atoms with Gasteiger partial charge in [0.25, 0.3) is 0 Å². The van der Waals surface area contributed by atoms with E-state index in [0.29, 0.717) is 18.1 Å². The van der Waals surface area contributed by atoms with Crippen LogP contribution in [-0.4, -0.2) is 18.6 Å². The summed E-state index contributed by atoms with van der Waals surface area (Å²) < 4.78 is 4.98. The van der Waals surface area contributed by atoms with Gasteiger partial charge in [0.1, 0.15) is 0 Å². The fraction of sp³-hybridized carbons (Fsp3) is 0.222. The number of anilines is 1. The van der Waals surface area contributed by atoms with Crippen LogP contribution >= 0.6 is 0 Å². The molecule has 1 aromatic rings. The molecule has 1 rings (SSSR count). The van der Waals surface area contributed by atoms with Gasteiger partial charge in [-0.3, -0.25) is 0 Å². The summed E-state index contributed by atoms with van der Waals surface area (Å²) >= 11 is 0. The molecule has 0 saturated carbocycles. The first-order valence-corrected chi connectivity index (χ1v) is 3.76. The van der Waals surface area contributed by atoms with E-state index < -0.39 is 0 Å². The number of nitrogen functional groups attached to an aromatic ring is 1. The molecule has 0 aliphatic carbocycles. The van der Waals surface area contributed by atoms with Crippen LogP contribution in [-0.2, 0) is 0 Å². The van der Waals surface area contributed by atoms with Gasteiger partial charge in [0, 0.05) is 17.8 Å². The Labute approximate surface area is 76.9 Å². The summed E-state index contributed by atoms with van der Waals surface area (Å²) in [6, 6.07) is 1.73. The highest BCUT2D eigenvalue weighted by atomic mass is 16.5. The molecule has 0 radical (unpaired) electrons. The van der Waals surface area contributed by atoms with E-state index in [1.165, 1.54) is 7.11 Å². The third kappa shape index (κ3) is 2.36. The zero-order chi connectivity index (χ0) is 9.68. The van der Waals surface area contributed by atoms with Crippen LogP contribution in [0.1, 0.15) is 5.56 Å². The third-order valence-corrected chi connectivity index (χ3v) is 1.44. The van der Waals surface area contributed by atoms with Gasteiger partial charge in [-0.15, -0.1) is 0 Å². The van der Waals surface area contributed by atoms with E-state index in [0.717, 1.165) is 5.56 Å². The minimum Gasteiger partial charge on any atom is -0.493 e. The Balaban J connectivity index is 2.99. The van der Waals surface area contributed by atoms with E-state index in [-0.39, 0.29) is 0 Å². The van der Waals surface area contributed by atoms with Gasteiger partial charge in [0.15, 0.2) is 11.6 Å². The summed E-state index contributed by atoms with van der Waals surface area (Å²) in [6.07, 6.45) is 1.58. The van der Waals surface area contributed by atoms with Crippen molar-refractivity contribution in [3.63, 3.8) is 0 Å². The number of nitrogens with zero attached hydrogens (tertiary/aromatic N) is 1. The standard InChI is InChI=1S/C9H11N3O/c1-13-8-5-7(3-2-4-10)6-12-9(8)11/h5-6H,4,10H2,1H3,(H2,11,12). The first-order chi connectivity index (χ1) is 6.27. The van der Waals surface area contributed by atoms with Crippen molar-refractivity contribution in [3.05, 3.63) is 17.8 Å². The zero-order valence-corrected chi connectivity index (χ0v) is 7.37. The second kappa shape index (κ2) is 4.33. The van der Waals surface area contributed by atoms with Gasteiger partial charge in [-0.1, -0.05) is 11.8 Å². The molecule has 0 amide bonds. The van der Waals surface area contributed by atoms with Crippen molar-refractivity contribution in [3.8, 4) is 17.6 Å². The summed E-state index contributed by atoms with van der Waals surface area (Å²) in [5.74, 6) is 6.44. The van der Waals surface area contributed by atoms with Crippen molar-refractivity contribution >= 4 is 5.82 Å². The van der Waals surface area contributed by atoms with Crippen molar-refractivity contribution in [2.24, 2.45) is 5.73 Å². The molecule has 0 aliphatic heterocycles. The van der Waals surface area contributed by atoms with E-state index in [2.05, 4.69) is 16.8 Å². The van der Waals surface area contributed by atoms with Crippen LogP contribution in [0.15, 0.2) is 12.3 Å². The SMILES string of the molecule is COc1cc(C#CCN)cnc1N. The highest BCUT2D eigenvalue weighted by Crippen LogP contribution is 2.18. The molecule has 0 aromatic carbocycles. The summed E-state index contributed by atoms with van der Waals surface area (Å²) in [4.78, 5) is 3.91. The largest absolute Gasteiger partial charge is 0.493 e. The molecule has 0 atom stereocenters. The quantitative estimate of drug-likeness (QED) is 0.591. The lowest BCUT2D eigenvalue weighted by atomic mass is 10.2. The van der Waals surface area contributed by atoms with E-state index in [1.54, 1.807) is 12.3 Å². The number of rotatable bonds is 1. The minimum absolute atomic E-state index is 0.326. The Kier molecular flexibility index (Phi) is 3.12. The minimum atomic E-state index is 0.326. The molecular weight excluding hydrogens is 166 g/mol. The molecule has 4 N–H and O–H groups in total. The Morgan fingerprint density at radius 3 is 3.00 bits per heavy atom. The number of ether oxygens (including phenoxy) is 1. The molecule has 1 heterocycles. The maximum Gasteiger partial charge on any atom is 0.166 e. The van der Waals surface area contributed by atoms with Gasteiger partial charge < -0.3 is 16.2 Å². The van der Waals surface area contributed by atoms with E-state index in [1.807, 2.05) is 0 Å². The van der Waals surface area contributed by atoms with Crippen LogP contribution in [0.5, 0.6) is 5.75 Å². The van der Waals surface area contributed by atoms with Crippen LogP contribution in [0.4, 0.5) is 5.82 Å². The molecule has 13 heavy (non-hydrogen) atoms. The molecule has 4 nitrogen and oxygen atoms in total. The third-order valence-electron chi connectivity index (χ3n) is 1.44. The summed E-state index contributed by atoms with van der Waals surface area (Å²) in [7, 11) is 1.54. The smallest absolute Gasteiger partial charge is 0.166 e. The summed E-state index contributed by atoms with van der Waals surface area (Å²) in [5.41, 5.74) is 11.5. The van der Waals surface area contributed by atoms with Crippen LogP contribution in [0.3, 0.4) is 0 Å². The number of hydrogen-bond donors (Lipinski definition) is 2. The van der Waals surface area contributed by atoms with Crippen LogP contribution in [0.25, 0.3) is 0 Å². The van der Waals surface area contributed by atoms with Gasteiger partial charge >= 0.3 is 0 Å². The molecule has 0 spiro atoms. The maximum absolute atomic E-state index is 5.52. The molecule has 68 valence electrons. The molecule has 0 bridgehead atoms. The maximum atomic E-state index is 5.52. The van der Waals surface area contributed by atoms with Gasteiger partial charge in [0.2, 0.25) is 0 Å². The first-order valence-electron chi connectivity index (χ1n) is 3.76. The Hall–Kier alpha value is -1.73. The number of methoxy groups -OCH3 is 1. The van der Waals surface area contributed by atoms with E-state index >= 15 is 0 Å². The predicted molar refractivity (Wildman–Crippen MR) is 51.1 cm³/mol. The van der Waals surface area contributed by atoms with Crippen LogP contribution in [0.2, 0.25) is 0 Å². The number of aromatic nitrogens is 1. The van der Waals surface area contributed by atoms with Gasteiger partial charge in [-0.25, -0.2) is 4.98 Å². The highest BCUT2D eigenvalue weighted by molar-refractivity contribution is 5.50. The van der Waals surface area contributed by atoms with E-state index in [4.69, 9.17) is 16.2 Å². The average Bonchev–Trinajstić information content (AvgIpc) is 2.16. The van der Waals surface area contributed by atoms with Crippen molar-refractivity contribution in [2.75, 3.05) is 19.4 Å². The average molecular weight is 177 g/mol. The zero-order valence-electron chi connectivity index (χ0n) is 7.37. The number of hydrogen-bond acceptors (Lipinski definition) is 4. The second-order valence-corrected chi connectivity index (χ2v) is 2.32. The Morgan fingerprint density at radius 1 is 1.62 bits per heavy atom. The molecule has 4 heteroatoms. The lowest BCUT2D eigenvalue weighted by Crippen LogP contribution is -1.96. The molecular formula is C9H11N3O. The Bertz CT molecular complexity index is 352. The van der Waals surface area contributed by atoms with Gasteiger partial charge in [0.05, 0.1) is 13.7 Å². The number of pyridine rings is 1. The van der Waals surface area contributed by atoms with E-state index in [9.17, 15) is 0 Å². The lowest BCUT2D eigenvalue weighted by molar-refractivity contribution is 0.415. The molecule has 0 aliphatic rings. The molecule has 0 saturated heterocycles. The summed E-state index contributed by atoms with van der Waals surface area (Å²) in [6.45, 7) is 0.326. The normalized spacial score (nSPS) is 8.77. The molecule has 0 fully saturated rings. The number of nitrogens with two attached hydrogens (primary N) is 2. The van der Waals surface area contributed by atoms with Crippen molar-refractivity contribution in [2.45, 2.75) is 0 Å². The van der Waals surface area contributed by atoms with Crippen molar-refractivity contribution in [1.29, 1.82) is 0 Å². The molecule has 0 unspecified atom stereocenters. The topological polar surface area (TPSA) is 74.2 Å². The lowest BCUT2D eigenvalue weighted by Gasteiger charge is -2.02. The van der Waals surface area contributed by atoms with Crippen molar-refractivity contribution < 1.29 is 4.74 Å². The second-order valence-electron chi connectivity index (χ2n) is 2.32. The fourth-order valence-corrected chi connectivity index (χ4v) is 0.840. The van der Waals surface area contributed by atoms with Crippen LogP contribution in [0, 0.1) is 11.8 Å². The first kappa shape index (κ1) is 9.36. The highest BCUT2D eigenvalue weighted by Gasteiger charge is 1.99. The van der Waals surface area contributed by atoms with Crippen LogP contribution < -0.4 is 16.2 Å². The van der Waals surface area contributed by atoms with Gasteiger partial charge in [-0.2, -0.15) is 0 Å². The molecule has 1 aromatic heterocycles. The predicted octanol–water partition coefficient (Wildman–Crippen LogP) is -0.0174. The summed E-state index contributed by atoms with van der Waals surface area (Å²) in [5, 5.41) is 0.